The summed E-state index contributed by atoms with van der Waals surface area (Å²) in [6, 6.07) is 7.27. The second-order valence-electron chi connectivity index (χ2n) is 8.66. The minimum absolute atomic E-state index is 0.483. The van der Waals surface area contributed by atoms with Crippen LogP contribution in [0.15, 0.2) is 24.3 Å². The van der Waals surface area contributed by atoms with Gasteiger partial charge in [0.15, 0.2) is 8.32 Å². The van der Waals surface area contributed by atoms with Crippen LogP contribution >= 0.6 is 0 Å². The zero-order valence-corrected chi connectivity index (χ0v) is 23.4. The molecule has 0 aliphatic carbocycles. The summed E-state index contributed by atoms with van der Waals surface area (Å²) in [4.78, 5) is 0. The van der Waals surface area contributed by atoms with Crippen molar-refractivity contribution in [3.05, 3.63) is 24.3 Å². The van der Waals surface area contributed by atoms with Crippen molar-refractivity contribution in [3.63, 3.8) is 0 Å². The van der Waals surface area contributed by atoms with Crippen molar-refractivity contribution >= 4 is 14.0 Å². The lowest BCUT2D eigenvalue weighted by Crippen LogP contribution is -2.27. The van der Waals surface area contributed by atoms with Gasteiger partial charge in [0.1, 0.15) is 12.4 Å². The molecule has 1 rings (SSSR count). The minimum atomic E-state index is -1.44. The molecule has 0 amide bonds. The van der Waals surface area contributed by atoms with E-state index in [-0.39, 0.29) is 0 Å². The fourth-order valence-corrected chi connectivity index (χ4v) is 3.31. The Morgan fingerprint density at radius 1 is 0.472 bits per heavy atom. The van der Waals surface area contributed by atoms with Crippen molar-refractivity contribution in [3.8, 4) is 5.75 Å². The van der Waals surface area contributed by atoms with Gasteiger partial charge in [-0.3, -0.25) is 0 Å². The molecule has 36 heavy (non-hydrogen) atoms. The van der Waals surface area contributed by atoms with Gasteiger partial charge in [-0.1, -0.05) is 0 Å². The van der Waals surface area contributed by atoms with Crippen molar-refractivity contribution in [2.75, 3.05) is 111 Å². The molecule has 0 atom stereocenters. The maximum atomic E-state index is 5.71. The SMILES string of the molecule is C[Si](C)(C)OCCOCCOCCOCCOCCOCCOCCOCCOc1ccc(N)cc1. The van der Waals surface area contributed by atoms with E-state index in [1.165, 1.54) is 0 Å². The first-order valence-electron chi connectivity index (χ1n) is 12.6. The Hall–Kier alpha value is -1.28. The van der Waals surface area contributed by atoms with Crippen molar-refractivity contribution < 1.29 is 42.3 Å². The number of rotatable bonds is 26. The zero-order valence-electron chi connectivity index (χ0n) is 22.4. The Morgan fingerprint density at radius 2 is 0.778 bits per heavy atom. The molecular weight excluding hydrogens is 486 g/mol. The van der Waals surface area contributed by atoms with Gasteiger partial charge in [0.2, 0.25) is 0 Å². The van der Waals surface area contributed by atoms with Gasteiger partial charge in [0.05, 0.1) is 99.1 Å². The molecule has 0 heterocycles. The number of nitrogen functional groups attached to an aromatic ring is 1. The lowest BCUT2D eigenvalue weighted by Gasteiger charge is -2.16. The Bertz CT molecular complexity index is 602. The average Bonchev–Trinajstić information content (AvgIpc) is 2.84. The highest BCUT2D eigenvalue weighted by Crippen LogP contribution is 2.12. The van der Waals surface area contributed by atoms with Gasteiger partial charge in [-0.05, 0) is 43.9 Å². The van der Waals surface area contributed by atoms with Crippen LogP contribution < -0.4 is 10.5 Å². The molecule has 0 fully saturated rings. The Labute approximate surface area is 217 Å². The maximum absolute atomic E-state index is 5.71. The van der Waals surface area contributed by atoms with E-state index in [0.717, 1.165) is 5.75 Å². The van der Waals surface area contributed by atoms with Crippen LogP contribution in [0.3, 0.4) is 0 Å². The Morgan fingerprint density at radius 3 is 1.11 bits per heavy atom. The van der Waals surface area contributed by atoms with E-state index < -0.39 is 8.32 Å². The normalized spacial score (nSPS) is 11.8. The van der Waals surface area contributed by atoms with Gasteiger partial charge in [-0.25, -0.2) is 0 Å². The third-order valence-electron chi connectivity index (χ3n) is 4.37. The molecule has 0 aliphatic rings. The molecule has 0 spiro atoms. The van der Waals surface area contributed by atoms with Gasteiger partial charge in [0, 0.05) is 5.69 Å². The lowest BCUT2D eigenvalue weighted by atomic mass is 10.3. The Kier molecular flexibility index (Phi) is 20.8. The second kappa shape index (κ2) is 22.9. The number of anilines is 1. The standard InChI is InChI=1S/C25H47NO9Si/c1-36(2,3)35-23-21-33-19-17-31-15-13-29-11-9-27-8-10-28-12-14-30-16-18-32-20-22-34-25-6-4-24(26)5-7-25/h4-7H,8-23,26H2,1-3H3. The maximum Gasteiger partial charge on any atom is 0.183 e. The summed E-state index contributed by atoms with van der Waals surface area (Å²) in [6.45, 7) is 15.1. The smallest absolute Gasteiger partial charge is 0.183 e. The monoisotopic (exact) mass is 533 g/mol. The third kappa shape index (κ3) is 23.1. The van der Waals surface area contributed by atoms with Crippen LogP contribution in [0.25, 0.3) is 0 Å². The number of nitrogens with two attached hydrogens (primary N) is 1. The van der Waals surface area contributed by atoms with E-state index in [1.807, 2.05) is 12.1 Å². The zero-order chi connectivity index (χ0) is 26.2. The molecular formula is C25H47NO9Si. The molecule has 210 valence electrons. The van der Waals surface area contributed by atoms with E-state index in [4.69, 9.17) is 48.1 Å². The molecule has 1 aromatic rings. The first-order valence-corrected chi connectivity index (χ1v) is 16.0. The average molecular weight is 534 g/mol. The first-order chi connectivity index (χ1) is 17.5. The minimum Gasteiger partial charge on any atom is -0.491 e. The highest BCUT2D eigenvalue weighted by molar-refractivity contribution is 6.69. The molecule has 1 aromatic carbocycles. The summed E-state index contributed by atoms with van der Waals surface area (Å²) in [7, 11) is -1.44. The van der Waals surface area contributed by atoms with Gasteiger partial charge < -0.3 is 48.1 Å². The van der Waals surface area contributed by atoms with Crippen LogP contribution in [0.5, 0.6) is 5.75 Å². The molecule has 0 saturated carbocycles. The van der Waals surface area contributed by atoms with E-state index >= 15 is 0 Å². The predicted octanol–water partition coefficient (Wildman–Crippen LogP) is 2.62. The van der Waals surface area contributed by atoms with Crippen LogP contribution in [-0.2, 0) is 37.6 Å². The van der Waals surface area contributed by atoms with E-state index in [2.05, 4.69) is 19.6 Å². The van der Waals surface area contributed by atoms with Crippen LogP contribution in [0.1, 0.15) is 0 Å². The highest BCUT2D eigenvalue weighted by Gasteiger charge is 2.13. The van der Waals surface area contributed by atoms with Crippen molar-refractivity contribution in [2.45, 2.75) is 19.6 Å². The van der Waals surface area contributed by atoms with E-state index in [9.17, 15) is 0 Å². The summed E-state index contributed by atoms with van der Waals surface area (Å²) < 4.78 is 49.5. The number of hydrogen-bond acceptors (Lipinski definition) is 10. The third-order valence-corrected chi connectivity index (χ3v) is 5.44. The second-order valence-corrected chi connectivity index (χ2v) is 13.2. The van der Waals surface area contributed by atoms with Gasteiger partial charge in [-0.2, -0.15) is 0 Å². The van der Waals surface area contributed by atoms with Gasteiger partial charge in [-0.15, -0.1) is 0 Å². The molecule has 2 N–H and O–H groups in total. The van der Waals surface area contributed by atoms with Gasteiger partial charge in [0.25, 0.3) is 0 Å². The number of ether oxygens (including phenoxy) is 8. The highest BCUT2D eigenvalue weighted by atomic mass is 28.4. The van der Waals surface area contributed by atoms with Crippen LogP contribution in [0.2, 0.25) is 19.6 Å². The largest absolute Gasteiger partial charge is 0.491 e. The summed E-state index contributed by atoms with van der Waals surface area (Å²) in [5.41, 5.74) is 6.34. The molecule has 0 aliphatic heterocycles. The molecule has 10 nitrogen and oxygen atoms in total. The molecule has 0 radical (unpaired) electrons. The number of benzene rings is 1. The van der Waals surface area contributed by atoms with E-state index in [0.29, 0.717) is 111 Å². The van der Waals surface area contributed by atoms with Gasteiger partial charge >= 0.3 is 0 Å². The van der Waals surface area contributed by atoms with Crippen molar-refractivity contribution in [2.24, 2.45) is 0 Å². The van der Waals surface area contributed by atoms with Crippen LogP contribution in [-0.4, -0.2) is 114 Å². The topological polar surface area (TPSA) is 109 Å². The molecule has 0 saturated heterocycles. The molecule has 0 unspecified atom stereocenters. The number of hydrogen-bond donors (Lipinski definition) is 1. The molecule has 0 aromatic heterocycles. The van der Waals surface area contributed by atoms with Crippen molar-refractivity contribution in [1.82, 2.24) is 0 Å². The predicted molar refractivity (Wildman–Crippen MR) is 141 cm³/mol. The Balaban J connectivity index is 1.67. The quantitative estimate of drug-likeness (QED) is 0.108. The summed E-state index contributed by atoms with van der Waals surface area (Å²) in [5.74, 6) is 0.777. The summed E-state index contributed by atoms with van der Waals surface area (Å²) in [6.07, 6.45) is 0. The fraction of sp³-hybridized carbons (Fsp3) is 0.760. The summed E-state index contributed by atoms with van der Waals surface area (Å²) >= 11 is 0. The summed E-state index contributed by atoms with van der Waals surface area (Å²) in [5, 5.41) is 0. The first kappa shape index (κ1) is 32.7. The van der Waals surface area contributed by atoms with Crippen LogP contribution in [0.4, 0.5) is 5.69 Å². The lowest BCUT2D eigenvalue weighted by molar-refractivity contribution is -0.0219. The molecule has 11 heteroatoms. The van der Waals surface area contributed by atoms with E-state index in [1.54, 1.807) is 12.1 Å². The molecule has 0 bridgehead atoms. The van der Waals surface area contributed by atoms with Crippen molar-refractivity contribution in [1.29, 1.82) is 0 Å². The fourth-order valence-electron chi connectivity index (χ4n) is 2.61. The van der Waals surface area contributed by atoms with Crippen LogP contribution in [0, 0.1) is 0 Å².